The second kappa shape index (κ2) is 59.7. The Morgan fingerprint density at radius 2 is 0.406 bits per heavy atom. The molecule has 0 saturated heterocycles. The number of aromatic hydroxyl groups is 5. The fourth-order valence-corrected chi connectivity index (χ4v) is 11.6. The van der Waals surface area contributed by atoms with Crippen LogP contribution in [0.25, 0.3) is 11.1 Å². The first kappa shape index (κ1) is 125. The summed E-state index contributed by atoms with van der Waals surface area (Å²) in [5.41, 5.74) is 0.847. The molecule has 732 valence electrons. The summed E-state index contributed by atoms with van der Waals surface area (Å²) in [5, 5.41) is 50.7. The van der Waals surface area contributed by atoms with Gasteiger partial charge in [-0.2, -0.15) is 0 Å². The first-order valence-corrected chi connectivity index (χ1v) is 58.4. The van der Waals surface area contributed by atoms with Gasteiger partial charge in [0.1, 0.15) is 57.2 Å². The Labute approximate surface area is 854 Å². The summed E-state index contributed by atoms with van der Waals surface area (Å²) >= 11 is -2.78. The van der Waals surface area contributed by atoms with E-state index in [-0.39, 0.29) is 56.6 Å². The van der Waals surface area contributed by atoms with Crippen molar-refractivity contribution < 1.29 is 220 Å². The molecule has 0 aliphatic rings. The van der Waals surface area contributed by atoms with E-state index in [4.69, 9.17) is 93.0 Å². The minimum atomic E-state index is -2.26. The molecule has 12 rings (SSSR count). The van der Waals surface area contributed by atoms with Crippen molar-refractivity contribution in [2.75, 3.05) is 0 Å². The molecule has 0 saturated carbocycles. The Morgan fingerprint density at radius 3 is 0.623 bits per heavy atom. The van der Waals surface area contributed by atoms with E-state index in [2.05, 4.69) is 25.0 Å². The third kappa shape index (κ3) is 33.7. The zero-order valence-corrected chi connectivity index (χ0v) is 86.5. The maximum atomic E-state index is 13.9. The van der Waals surface area contributed by atoms with Gasteiger partial charge < -0.3 is 25.5 Å². The van der Waals surface area contributed by atoms with Gasteiger partial charge in [0, 0.05) is 75.4 Å². The van der Waals surface area contributed by atoms with Gasteiger partial charge in [-0.1, -0.05) is 98.8 Å². The van der Waals surface area contributed by atoms with Crippen molar-refractivity contribution in [3.8, 4) is 39.9 Å². The third-order valence-electron chi connectivity index (χ3n) is 17.8. The monoisotopic (exact) mass is 2330 g/mol. The zero-order valence-electron chi connectivity index (χ0n) is 71.1. The molecule has 0 radical (unpaired) electrons. The summed E-state index contributed by atoms with van der Waals surface area (Å²) in [6, 6.07) is 33.9. The molecule has 10 nitrogen and oxygen atoms in total. The SMILES string of the molecule is Cc1cc(C)c(O)c(C=Nc2c(F)c(F)c(F)c(F)c2F)c1.Cc1cc(C)c(O)c(C=Nc2c(F)c(F)c(F)c(F)c2F)c1.Cc1cc(C)c(O)c(C=Nc2c(F)c(F)c(F)c(F)c2F)c1.Cc1cc(C=Nc2c(F)c(F)c(F)c(F)c2F)c(O)c(-c2ccccc2)c1.Cc1cc(C=Nc2c(F)c(F)c(F)c(F)c2F)c(O)c(C(C)(C)c2ccccc2)c1.[Cl][Ti][Cl].[Cl][Ti][Cl].[Cl][Ti][Cl].[Cl][Ti][Cl].[Cl][Ti][Cl]. The predicted octanol–water partition coefficient (Wildman–Crippen LogP) is 32.5. The molecule has 138 heavy (non-hydrogen) atoms. The topological polar surface area (TPSA) is 163 Å². The van der Waals surface area contributed by atoms with Crippen LogP contribution < -0.4 is 0 Å². The molecule has 5 N–H and O–H groups in total. The summed E-state index contributed by atoms with van der Waals surface area (Å²) in [5.74, 6) is -53.4. The van der Waals surface area contributed by atoms with Gasteiger partial charge in [-0.15, -0.1) is 0 Å². The van der Waals surface area contributed by atoms with Crippen LogP contribution in [0.4, 0.5) is 138 Å². The van der Waals surface area contributed by atoms with Crippen molar-refractivity contribution >= 4 is 153 Å². The first-order valence-electron chi connectivity index (χ1n) is 36.9. The number of hydrogen-bond donors (Lipinski definition) is 5. The quantitative estimate of drug-likeness (QED) is 0.0255. The van der Waals surface area contributed by atoms with Crippen LogP contribution in [-0.2, 0) is 90.6 Å². The van der Waals surface area contributed by atoms with E-state index in [0.717, 1.165) is 53.3 Å². The van der Waals surface area contributed by atoms with Gasteiger partial charge >= 0.3 is 178 Å². The Kier molecular flexibility index (Phi) is 54.0. The van der Waals surface area contributed by atoms with Crippen LogP contribution in [0.5, 0.6) is 28.7 Å². The number of aliphatic imine (C=N–C) groups is 5. The molecule has 0 heterocycles. The number of phenolic OH excluding ortho intramolecular Hbond substituents is 5. The average Bonchev–Trinajstić information content (AvgIpc) is 0.808. The molecular weight excluding hydrogens is 2280 g/mol. The van der Waals surface area contributed by atoms with Crippen molar-refractivity contribution in [3.05, 3.63) is 350 Å². The van der Waals surface area contributed by atoms with Crippen molar-refractivity contribution in [2.45, 2.75) is 74.7 Å². The van der Waals surface area contributed by atoms with Gasteiger partial charge in [-0.3, -0.25) is 0 Å². The molecule has 0 fully saturated rings. The molecule has 0 unspecified atom stereocenters. The van der Waals surface area contributed by atoms with E-state index < -0.39 is 264 Å². The summed E-state index contributed by atoms with van der Waals surface area (Å²) in [4.78, 5) is 16.7. The summed E-state index contributed by atoms with van der Waals surface area (Å²) in [7, 11) is 48.9. The normalized spacial score (nSPS) is 10.8. The number of hydrogen-bond acceptors (Lipinski definition) is 10. The Balaban J connectivity index is 0.000000429. The molecule has 0 spiro atoms. The molecule has 12 aromatic rings. The van der Waals surface area contributed by atoms with Crippen LogP contribution in [0.15, 0.2) is 146 Å². The van der Waals surface area contributed by atoms with Crippen LogP contribution in [-0.4, -0.2) is 56.6 Å². The molecular formula is C88H60Cl10F25N5O5Ti5. The zero-order chi connectivity index (χ0) is 105. The van der Waals surface area contributed by atoms with Gasteiger partial charge in [-0.05, 0) is 147 Å². The van der Waals surface area contributed by atoms with E-state index in [1.807, 2.05) is 44.2 Å². The summed E-state index contributed by atoms with van der Waals surface area (Å²) < 4.78 is 333. The van der Waals surface area contributed by atoms with Crippen molar-refractivity contribution in [1.29, 1.82) is 0 Å². The van der Waals surface area contributed by atoms with Gasteiger partial charge in [0.05, 0.1) is 0 Å². The van der Waals surface area contributed by atoms with Crippen LogP contribution >= 0.6 is 93.0 Å². The van der Waals surface area contributed by atoms with E-state index >= 15 is 0 Å². The van der Waals surface area contributed by atoms with Crippen LogP contribution in [0.2, 0.25) is 0 Å². The second-order valence-corrected chi connectivity index (χ2v) is 40.6. The van der Waals surface area contributed by atoms with Crippen molar-refractivity contribution in [3.63, 3.8) is 0 Å². The fraction of sp³-hybridized carbons (Fsp3) is 0.125. The molecule has 0 aliphatic heterocycles. The van der Waals surface area contributed by atoms with Gasteiger partial charge in [0.25, 0.3) is 0 Å². The summed E-state index contributed by atoms with van der Waals surface area (Å²) in [6.45, 7) is 17.2. The molecule has 0 amide bonds. The van der Waals surface area contributed by atoms with E-state index in [1.165, 1.54) is 30.3 Å². The molecule has 50 heteroatoms. The molecule has 0 bridgehead atoms. The van der Waals surface area contributed by atoms with Crippen LogP contribution in [0.3, 0.4) is 0 Å². The molecule has 0 aromatic heterocycles. The Hall–Kier alpha value is -7.29. The van der Waals surface area contributed by atoms with Crippen molar-refractivity contribution in [2.24, 2.45) is 25.0 Å². The molecule has 12 aromatic carbocycles. The summed E-state index contributed by atoms with van der Waals surface area (Å²) in [6.07, 6.45) is 4.26. The number of benzene rings is 12. The average molecular weight is 2340 g/mol. The van der Waals surface area contributed by atoms with Gasteiger partial charge in [-0.25, -0.2) is 135 Å². The standard InChI is InChI=1S/C23H18F5NO.C20H12F5NO.3C15H10F5NO.10ClH.5Ti/c1-12-9-13(11-29-21-19(27)17(25)16(24)18(26)20(21)28)22(30)15(10-12)23(2,3)14-7-5-4-6-8-14;1-10-7-12(20(27)13(8-10)11-5-3-2-4-6-11)9-26-19-17(24)15(22)14(21)16(23)18(19)25;3*1-6-3-7(2)15(22)8(4-6)5-21-14-12(19)10(17)9(16)11(18)13(14)20;;;;;;;;;;;;;;;/h4-11,30H,1-3H3;2-9,27H,1H3;3*3-5,22H,1-2H3;10*1H;;;;;/q;;;;;;;;;;;;;;;5*+2/p-10. The van der Waals surface area contributed by atoms with E-state index in [0.29, 0.717) is 44.5 Å². The maximum absolute atomic E-state index is 13.9. The predicted molar refractivity (Wildman–Crippen MR) is 468 cm³/mol. The minimum absolute atomic E-state index is 0.0674. The number of phenols is 5. The van der Waals surface area contributed by atoms with Gasteiger partial charge in [0.15, 0.2) is 116 Å². The van der Waals surface area contributed by atoms with E-state index in [1.54, 1.807) is 116 Å². The Bertz CT molecular complexity index is 5990. The van der Waals surface area contributed by atoms with E-state index in [9.17, 15) is 135 Å². The number of nitrogens with zero attached hydrogens (tertiary/aromatic N) is 5. The van der Waals surface area contributed by atoms with Crippen molar-refractivity contribution in [1.82, 2.24) is 0 Å². The molecule has 0 atom stereocenters. The Morgan fingerprint density at radius 1 is 0.232 bits per heavy atom. The number of rotatable bonds is 13. The number of aryl methyl sites for hydroxylation is 8. The van der Waals surface area contributed by atoms with Crippen LogP contribution in [0, 0.1) is 201 Å². The van der Waals surface area contributed by atoms with Crippen LogP contribution in [0.1, 0.15) is 97.3 Å². The van der Waals surface area contributed by atoms with Gasteiger partial charge in [0.2, 0.25) is 29.1 Å². The first-order chi connectivity index (χ1) is 64.6. The fourth-order valence-electron chi connectivity index (χ4n) is 11.6. The molecule has 0 aliphatic carbocycles. The third-order valence-corrected chi connectivity index (χ3v) is 17.8. The second-order valence-electron chi connectivity index (χ2n) is 27.7. The number of halogens is 35.